The standard InChI is InChI=1S/C46H24N4/c1-25-14-27(21-47)6-10-31(25)38-18-44-40(34-12-8-29(23-49)16-37(34)38)17-39(32-11-7-28(22-48)15-26(32)2)43-20-42-36-13-9-30(24-50)33-4-3-5-35(46(33)36)41(42)19-45(43)44/h3-20H,1-2H3. The lowest BCUT2D eigenvalue weighted by Crippen LogP contribution is -1.93. The van der Waals surface area contributed by atoms with E-state index >= 15 is 0 Å². The lowest BCUT2D eigenvalue weighted by molar-refractivity contribution is 1.42. The van der Waals surface area contributed by atoms with Crippen molar-refractivity contribution >= 4 is 43.1 Å². The van der Waals surface area contributed by atoms with Crippen LogP contribution >= 0.6 is 0 Å². The third kappa shape index (κ3) is 4.01. The molecule has 8 aromatic rings. The van der Waals surface area contributed by atoms with Crippen LogP contribution < -0.4 is 0 Å². The van der Waals surface area contributed by atoms with Crippen molar-refractivity contribution in [3.05, 3.63) is 143 Å². The Morgan fingerprint density at radius 3 is 1.42 bits per heavy atom. The highest BCUT2D eigenvalue weighted by atomic mass is 14.3. The molecule has 0 bridgehead atoms. The number of hydrogen-bond acceptors (Lipinski definition) is 4. The van der Waals surface area contributed by atoms with Gasteiger partial charge < -0.3 is 0 Å². The molecule has 4 heteroatoms. The Labute approximate surface area is 288 Å². The Kier molecular flexibility index (Phi) is 6.16. The Balaban J connectivity index is 1.48. The van der Waals surface area contributed by atoms with Crippen molar-refractivity contribution in [1.29, 1.82) is 21.0 Å². The number of nitriles is 4. The van der Waals surface area contributed by atoms with Crippen molar-refractivity contribution in [3.63, 3.8) is 0 Å². The first-order valence-corrected chi connectivity index (χ1v) is 16.3. The molecule has 0 saturated heterocycles. The molecule has 50 heavy (non-hydrogen) atoms. The van der Waals surface area contributed by atoms with Gasteiger partial charge in [-0.25, -0.2) is 0 Å². The third-order valence-corrected chi connectivity index (χ3v) is 10.4. The lowest BCUT2D eigenvalue weighted by Gasteiger charge is -2.19. The van der Waals surface area contributed by atoms with E-state index < -0.39 is 0 Å². The van der Waals surface area contributed by atoms with E-state index in [1.807, 2.05) is 86.6 Å². The maximum absolute atomic E-state index is 9.94. The minimum absolute atomic E-state index is 0.578. The summed E-state index contributed by atoms with van der Waals surface area (Å²) in [6.45, 7) is 4.07. The average molecular weight is 633 g/mol. The fourth-order valence-electron chi connectivity index (χ4n) is 8.08. The van der Waals surface area contributed by atoms with Crippen LogP contribution in [0.3, 0.4) is 0 Å². The summed E-state index contributed by atoms with van der Waals surface area (Å²) in [6.07, 6.45) is 0. The summed E-state index contributed by atoms with van der Waals surface area (Å²) in [6, 6.07) is 46.1. The zero-order valence-corrected chi connectivity index (χ0v) is 27.2. The van der Waals surface area contributed by atoms with Gasteiger partial charge in [-0.15, -0.1) is 0 Å². The monoisotopic (exact) mass is 632 g/mol. The van der Waals surface area contributed by atoms with Gasteiger partial charge >= 0.3 is 0 Å². The minimum Gasteiger partial charge on any atom is -0.192 e. The normalized spacial score (nSPS) is 11.3. The number of aryl methyl sites for hydroxylation is 2. The van der Waals surface area contributed by atoms with Crippen molar-refractivity contribution in [1.82, 2.24) is 0 Å². The lowest BCUT2D eigenvalue weighted by atomic mass is 9.84. The Bertz CT molecular complexity index is 3050. The molecule has 228 valence electrons. The maximum atomic E-state index is 9.94. The summed E-state index contributed by atoms with van der Waals surface area (Å²) in [5.74, 6) is 0. The van der Waals surface area contributed by atoms with Gasteiger partial charge in [0.15, 0.2) is 0 Å². The number of nitrogens with zero attached hydrogens (tertiary/aromatic N) is 4. The van der Waals surface area contributed by atoms with Crippen LogP contribution in [-0.4, -0.2) is 0 Å². The smallest absolute Gasteiger partial charge is 0.0998 e. The molecule has 0 radical (unpaired) electrons. The van der Waals surface area contributed by atoms with Crippen molar-refractivity contribution in [3.8, 4) is 68.8 Å². The molecule has 0 N–H and O–H groups in total. The molecule has 0 fully saturated rings. The van der Waals surface area contributed by atoms with Crippen LogP contribution in [-0.2, 0) is 0 Å². The molecule has 1 aliphatic carbocycles. The molecular formula is C46H24N4. The molecule has 0 saturated carbocycles. The van der Waals surface area contributed by atoms with Gasteiger partial charge in [0, 0.05) is 5.39 Å². The van der Waals surface area contributed by atoms with Crippen LogP contribution in [0.4, 0.5) is 0 Å². The predicted molar refractivity (Wildman–Crippen MR) is 200 cm³/mol. The van der Waals surface area contributed by atoms with Gasteiger partial charge in [0.25, 0.3) is 0 Å². The van der Waals surface area contributed by atoms with Crippen LogP contribution in [0.1, 0.15) is 33.4 Å². The maximum Gasteiger partial charge on any atom is 0.0998 e. The fraction of sp³-hybridized carbons (Fsp3) is 0.0435. The Morgan fingerprint density at radius 2 is 0.820 bits per heavy atom. The van der Waals surface area contributed by atoms with Crippen LogP contribution in [0.15, 0.2) is 109 Å². The number of fused-ring (bicyclic) bond motifs is 8. The van der Waals surface area contributed by atoms with E-state index in [2.05, 4.69) is 60.7 Å². The van der Waals surface area contributed by atoms with Gasteiger partial charge in [-0.05, 0) is 174 Å². The second kappa shape index (κ2) is 10.6. The fourth-order valence-corrected chi connectivity index (χ4v) is 8.08. The minimum atomic E-state index is 0.578. The Morgan fingerprint density at radius 1 is 0.340 bits per heavy atom. The molecule has 0 heterocycles. The summed E-state index contributed by atoms with van der Waals surface area (Å²) in [4.78, 5) is 0. The van der Waals surface area contributed by atoms with E-state index in [0.29, 0.717) is 22.3 Å². The van der Waals surface area contributed by atoms with Gasteiger partial charge in [0.05, 0.1) is 46.5 Å². The van der Waals surface area contributed by atoms with Crippen molar-refractivity contribution in [2.75, 3.05) is 0 Å². The summed E-state index contributed by atoms with van der Waals surface area (Å²) < 4.78 is 0. The van der Waals surface area contributed by atoms with E-state index in [4.69, 9.17) is 0 Å². The van der Waals surface area contributed by atoms with Crippen LogP contribution in [0.25, 0.3) is 87.6 Å². The van der Waals surface area contributed by atoms with Crippen molar-refractivity contribution < 1.29 is 0 Å². The quantitative estimate of drug-likeness (QED) is 0.177. The highest BCUT2D eigenvalue weighted by Gasteiger charge is 2.25. The van der Waals surface area contributed by atoms with E-state index in [0.717, 1.165) is 98.7 Å². The van der Waals surface area contributed by atoms with Crippen LogP contribution in [0.5, 0.6) is 0 Å². The van der Waals surface area contributed by atoms with Gasteiger partial charge in [-0.2, -0.15) is 21.0 Å². The van der Waals surface area contributed by atoms with Crippen molar-refractivity contribution in [2.24, 2.45) is 0 Å². The molecule has 1 aliphatic rings. The molecule has 9 rings (SSSR count). The molecule has 0 atom stereocenters. The summed E-state index contributed by atoms with van der Waals surface area (Å²) in [5, 5.41) is 47.5. The molecule has 0 unspecified atom stereocenters. The highest BCUT2D eigenvalue weighted by molar-refractivity contribution is 6.27. The van der Waals surface area contributed by atoms with Crippen LogP contribution in [0, 0.1) is 59.2 Å². The van der Waals surface area contributed by atoms with Gasteiger partial charge in [0.2, 0.25) is 0 Å². The number of rotatable bonds is 2. The van der Waals surface area contributed by atoms with E-state index in [1.54, 1.807) is 0 Å². The summed E-state index contributed by atoms with van der Waals surface area (Å²) >= 11 is 0. The third-order valence-electron chi connectivity index (χ3n) is 10.4. The second-order valence-electron chi connectivity index (χ2n) is 13.0. The van der Waals surface area contributed by atoms with Gasteiger partial charge in [-0.1, -0.05) is 42.5 Å². The topological polar surface area (TPSA) is 95.2 Å². The molecule has 4 nitrogen and oxygen atoms in total. The Hall–Kier alpha value is -7.24. The first-order chi connectivity index (χ1) is 24.4. The number of benzene rings is 8. The SMILES string of the molecule is Cc1cc(C#N)ccc1-c1cc2c3cc4c(cc3c(-c3ccc(C#N)cc3C)cc2c2ccc(C#N)cc12)-c1ccc(C#N)c2cccc-4c12. The first kappa shape index (κ1) is 28.9. The zero-order chi connectivity index (χ0) is 34.3. The van der Waals surface area contributed by atoms with E-state index in [-0.39, 0.29) is 0 Å². The van der Waals surface area contributed by atoms with Gasteiger partial charge in [0.1, 0.15) is 0 Å². The first-order valence-electron chi connectivity index (χ1n) is 16.3. The summed E-state index contributed by atoms with van der Waals surface area (Å²) in [7, 11) is 0. The summed E-state index contributed by atoms with van der Waals surface area (Å²) in [5.41, 5.74) is 13.0. The van der Waals surface area contributed by atoms with Gasteiger partial charge in [-0.3, -0.25) is 0 Å². The van der Waals surface area contributed by atoms with Crippen molar-refractivity contribution in [2.45, 2.75) is 13.8 Å². The van der Waals surface area contributed by atoms with E-state index in [1.165, 1.54) is 0 Å². The predicted octanol–water partition coefficient (Wildman–Crippen LogP) is 11.4. The molecule has 0 aliphatic heterocycles. The second-order valence-corrected chi connectivity index (χ2v) is 13.0. The average Bonchev–Trinajstić information content (AvgIpc) is 3.47. The highest BCUT2D eigenvalue weighted by Crippen LogP contribution is 2.52. The largest absolute Gasteiger partial charge is 0.192 e. The van der Waals surface area contributed by atoms with E-state index in [9.17, 15) is 21.0 Å². The number of hydrogen-bond donors (Lipinski definition) is 0. The zero-order valence-electron chi connectivity index (χ0n) is 27.2. The van der Waals surface area contributed by atoms with Crippen LogP contribution in [0.2, 0.25) is 0 Å². The molecule has 0 aromatic heterocycles. The molecule has 0 amide bonds. The molecule has 0 spiro atoms. The molecular weight excluding hydrogens is 609 g/mol. The molecule has 8 aromatic carbocycles.